The number of hydrogen-bond acceptors (Lipinski definition) is 4. The predicted octanol–water partition coefficient (Wildman–Crippen LogP) is 0.716. The SMILES string of the molecule is CCC1(C)O[C@H]2[C@H](CN(C(C)=O)[C@@H]2C(C)=O)O1. The van der Waals surface area contributed by atoms with Crippen LogP contribution in [0, 0.1) is 0 Å². The largest absolute Gasteiger partial charge is 0.342 e. The van der Waals surface area contributed by atoms with Crippen LogP contribution in [0.5, 0.6) is 0 Å². The van der Waals surface area contributed by atoms with Crippen molar-refractivity contribution in [3.05, 3.63) is 0 Å². The zero-order chi connectivity index (χ0) is 12.8. The lowest BCUT2D eigenvalue weighted by Gasteiger charge is -2.28. The molecule has 0 aromatic heterocycles. The van der Waals surface area contributed by atoms with Crippen LogP contribution in [0.4, 0.5) is 0 Å². The number of likely N-dealkylation sites (tertiary alicyclic amines) is 1. The van der Waals surface area contributed by atoms with E-state index in [-0.39, 0.29) is 23.9 Å². The van der Waals surface area contributed by atoms with Gasteiger partial charge >= 0.3 is 0 Å². The van der Waals surface area contributed by atoms with Crippen molar-refractivity contribution in [3.63, 3.8) is 0 Å². The van der Waals surface area contributed by atoms with Crippen LogP contribution in [0.15, 0.2) is 0 Å². The van der Waals surface area contributed by atoms with Crippen molar-refractivity contribution in [1.29, 1.82) is 0 Å². The highest BCUT2D eigenvalue weighted by atomic mass is 16.8. The van der Waals surface area contributed by atoms with Gasteiger partial charge in [-0.05, 0) is 20.3 Å². The fourth-order valence-electron chi connectivity index (χ4n) is 2.61. The Morgan fingerprint density at radius 2 is 2.00 bits per heavy atom. The molecule has 0 N–H and O–H groups in total. The zero-order valence-electron chi connectivity index (χ0n) is 10.7. The maximum absolute atomic E-state index is 11.7. The molecule has 5 heteroatoms. The van der Waals surface area contributed by atoms with Gasteiger partial charge < -0.3 is 14.4 Å². The average Bonchev–Trinajstić information content (AvgIpc) is 2.70. The van der Waals surface area contributed by atoms with E-state index in [2.05, 4.69) is 0 Å². The molecule has 0 saturated carbocycles. The van der Waals surface area contributed by atoms with Gasteiger partial charge in [0.05, 0.1) is 6.54 Å². The molecular weight excluding hydrogens is 222 g/mol. The highest BCUT2D eigenvalue weighted by molar-refractivity contribution is 5.88. The zero-order valence-corrected chi connectivity index (χ0v) is 10.7. The summed E-state index contributed by atoms with van der Waals surface area (Å²) in [6.07, 6.45) is 0.226. The van der Waals surface area contributed by atoms with Gasteiger partial charge in [-0.25, -0.2) is 0 Å². The molecule has 0 spiro atoms. The van der Waals surface area contributed by atoms with E-state index >= 15 is 0 Å². The predicted molar refractivity (Wildman–Crippen MR) is 60.3 cm³/mol. The van der Waals surface area contributed by atoms with Crippen molar-refractivity contribution in [2.24, 2.45) is 0 Å². The molecule has 0 aromatic rings. The molecule has 1 unspecified atom stereocenters. The van der Waals surface area contributed by atoms with Crippen LogP contribution in [0.25, 0.3) is 0 Å². The number of amides is 1. The first kappa shape index (κ1) is 12.5. The molecule has 5 nitrogen and oxygen atoms in total. The molecule has 0 radical (unpaired) electrons. The van der Waals surface area contributed by atoms with Crippen LogP contribution in [0.2, 0.25) is 0 Å². The Balaban J connectivity index is 2.22. The van der Waals surface area contributed by atoms with E-state index in [1.54, 1.807) is 4.90 Å². The summed E-state index contributed by atoms with van der Waals surface area (Å²) in [4.78, 5) is 24.7. The van der Waals surface area contributed by atoms with Crippen LogP contribution >= 0.6 is 0 Å². The Morgan fingerprint density at radius 3 is 2.47 bits per heavy atom. The van der Waals surface area contributed by atoms with Crippen LogP contribution in [0.3, 0.4) is 0 Å². The van der Waals surface area contributed by atoms with Crippen LogP contribution < -0.4 is 0 Å². The molecule has 0 bridgehead atoms. The molecule has 2 fully saturated rings. The summed E-state index contributed by atoms with van der Waals surface area (Å²) in [5.41, 5.74) is 0. The molecule has 4 atom stereocenters. The van der Waals surface area contributed by atoms with Gasteiger partial charge in [-0.2, -0.15) is 0 Å². The van der Waals surface area contributed by atoms with E-state index < -0.39 is 11.8 Å². The van der Waals surface area contributed by atoms with Crippen LogP contribution in [0.1, 0.15) is 34.1 Å². The van der Waals surface area contributed by atoms with E-state index in [4.69, 9.17) is 9.47 Å². The summed E-state index contributed by atoms with van der Waals surface area (Å²) in [5.74, 6) is -0.770. The van der Waals surface area contributed by atoms with Gasteiger partial charge in [0.1, 0.15) is 18.2 Å². The maximum atomic E-state index is 11.7. The number of carbonyl (C=O) groups is 2. The second-order valence-electron chi connectivity index (χ2n) is 4.95. The number of fused-ring (bicyclic) bond motifs is 1. The number of ether oxygens (including phenoxy) is 2. The number of rotatable bonds is 2. The Bertz CT molecular complexity index is 356. The standard InChI is InChI=1S/C12H19NO4/c1-5-12(4)16-9-6-13(8(3)15)10(7(2)14)11(9)17-12/h9-11H,5-6H2,1-4H3/t9-,10+,11-,12?/m0/s1. The number of Topliss-reactive ketones (excluding diaryl/α,β-unsaturated/α-hetero) is 1. The Labute approximate surface area is 101 Å². The fraction of sp³-hybridized carbons (Fsp3) is 0.833. The van der Waals surface area contributed by atoms with Crippen molar-refractivity contribution in [3.8, 4) is 0 Å². The van der Waals surface area contributed by atoms with Crippen molar-refractivity contribution in [1.82, 2.24) is 4.90 Å². The Hall–Kier alpha value is -0.940. The van der Waals surface area contributed by atoms with Gasteiger partial charge in [-0.15, -0.1) is 0 Å². The number of nitrogens with zero attached hydrogens (tertiary/aromatic N) is 1. The third-order valence-corrected chi connectivity index (χ3v) is 3.64. The Morgan fingerprint density at radius 1 is 1.35 bits per heavy atom. The third-order valence-electron chi connectivity index (χ3n) is 3.64. The molecule has 1 amide bonds. The van der Waals surface area contributed by atoms with Crippen molar-refractivity contribution in [2.75, 3.05) is 6.54 Å². The first-order valence-corrected chi connectivity index (χ1v) is 6.01. The topological polar surface area (TPSA) is 55.8 Å². The quantitative estimate of drug-likeness (QED) is 0.714. The van der Waals surface area contributed by atoms with Gasteiger partial charge in [0.15, 0.2) is 11.6 Å². The number of carbonyl (C=O) groups excluding carboxylic acids is 2. The van der Waals surface area contributed by atoms with Crippen molar-refractivity contribution in [2.45, 2.75) is 58.2 Å². The van der Waals surface area contributed by atoms with E-state index in [9.17, 15) is 9.59 Å². The highest BCUT2D eigenvalue weighted by Crippen LogP contribution is 2.38. The minimum atomic E-state index is -0.619. The summed E-state index contributed by atoms with van der Waals surface area (Å²) < 4.78 is 11.7. The normalized spacial score (nSPS) is 40.5. The van der Waals surface area contributed by atoms with Crippen molar-refractivity contribution < 1.29 is 19.1 Å². The first-order valence-electron chi connectivity index (χ1n) is 6.01. The van der Waals surface area contributed by atoms with Gasteiger partial charge in [-0.3, -0.25) is 9.59 Å². The summed E-state index contributed by atoms with van der Waals surface area (Å²) in [6.45, 7) is 7.26. The molecule has 2 saturated heterocycles. The number of ketones is 1. The lowest BCUT2D eigenvalue weighted by molar-refractivity contribution is -0.180. The molecule has 2 aliphatic heterocycles. The van der Waals surface area contributed by atoms with Crippen LogP contribution in [-0.4, -0.2) is 47.2 Å². The van der Waals surface area contributed by atoms with E-state index in [1.165, 1.54) is 13.8 Å². The molecular formula is C12H19NO4. The smallest absolute Gasteiger partial charge is 0.220 e. The minimum absolute atomic E-state index is 0.0448. The third kappa shape index (κ3) is 1.98. The van der Waals surface area contributed by atoms with Gasteiger partial charge in [0.2, 0.25) is 5.91 Å². The summed E-state index contributed by atoms with van der Waals surface area (Å²) >= 11 is 0. The van der Waals surface area contributed by atoms with Crippen LogP contribution in [-0.2, 0) is 19.1 Å². The molecule has 17 heavy (non-hydrogen) atoms. The van der Waals surface area contributed by atoms with E-state index in [1.807, 2.05) is 13.8 Å². The second kappa shape index (κ2) is 4.07. The second-order valence-corrected chi connectivity index (χ2v) is 4.95. The highest BCUT2D eigenvalue weighted by Gasteiger charge is 2.55. The molecule has 2 aliphatic rings. The van der Waals surface area contributed by atoms with Gasteiger partial charge in [0, 0.05) is 6.92 Å². The molecule has 0 aromatic carbocycles. The molecule has 0 aliphatic carbocycles. The maximum Gasteiger partial charge on any atom is 0.220 e. The average molecular weight is 241 g/mol. The first-order chi connectivity index (χ1) is 7.88. The van der Waals surface area contributed by atoms with Gasteiger partial charge in [-0.1, -0.05) is 6.92 Å². The molecule has 2 heterocycles. The lowest BCUT2D eigenvalue weighted by Crippen LogP contribution is -2.45. The van der Waals surface area contributed by atoms with Crippen molar-refractivity contribution >= 4 is 11.7 Å². The van der Waals surface area contributed by atoms with Gasteiger partial charge in [0.25, 0.3) is 0 Å². The summed E-state index contributed by atoms with van der Waals surface area (Å²) in [5, 5.41) is 0. The summed E-state index contributed by atoms with van der Waals surface area (Å²) in [6, 6.07) is -0.495. The molecule has 2 rings (SSSR count). The monoisotopic (exact) mass is 241 g/mol. The lowest BCUT2D eigenvalue weighted by atomic mass is 10.1. The fourth-order valence-corrected chi connectivity index (χ4v) is 2.61. The Kier molecular flexibility index (Phi) is 2.99. The number of hydrogen-bond donors (Lipinski definition) is 0. The minimum Gasteiger partial charge on any atom is -0.342 e. The summed E-state index contributed by atoms with van der Waals surface area (Å²) in [7, 11) is 0. The van der Waals surface area contributed by atoms with E-state index in [0.29, 0.717) is 6.54 Å². The molecule has 96 valence electrons. The van der Waals surface area contributed by atoms with E-state index in [0.717, 1.165) is 6.42 Å².